The van der Waals surface area contributed by atoms with E-state index < -0.39 is 17.5 Å². The topological polar surface area (TPSA) is 59.8 Å². The Hall–Kier alpha value is -2.84. The summed E-state index contributed by atoms with van der Waals surface area (Å²) < 4.78 is 30.6. The van der Waals surface area contributed by atoms with Crippen molar-refractivity contribution in [2.24, 2.45) is 0 Å². The minimum absolute atomic E-state index is 0.0215. The van der Waals surface area contributed by atoms with Gasteiger partial charge in [0.1, 0.15) is 22.3 Å². The van der Waals surface area contributed by atoms with Gasteiger partial charge >= 0.3 is 0 Å². The highest BCUT2D eigenvalue weighted by atomic mass is 35.5. The zero-order valence-corrected chi connectivity index (χ0v) is 17.9. The molecule has 1 aliphatic rings. The van der Waals surface area contributed by atoms with Crippen LogP contribution in [-0.2, 0) is 13.0 Å². The van der Waals surface area contributed by atoms with Crippen molar-refractivity contribution in [3.05, 3.63) is 63.8 Å². The summed E-state index contributed by atoms with van der Waals surface area (Å²) in [6.45, 7) is 0.810. The minimum Gasteiger partial charge on any atom is -0.319 e. The second kappa shape index (κ2) is 8.01. The zero-order chi connectivity index (χ0) is 21.5. The fourth-order valence-electron chi connectivity index (χ4n) is 3.82. The molecule has 3 heterocycles. The van der Waals surface area contributed by atoms with Crippen LogP contribution >= 0.6 is 22.9 Å². The van der Waals surface area contributed by atoms with Gasteiger partial charge in [0.15, 0.2) is 5.82 Å². The number of hydrogen-bond acceptors (Lipinski definition) is 4. The molecule has 1 N–H and O–H groups in total. The average Bonchev–Trinajstić information content (AvgIpc) is 3.21. The van der Waals surface area contributed by atoms with Crippen molar-refractivity contribution in [3.63, 3.8) is 0 Å². The third-order valence-electron chi connectivity index (χ3n) is 5.38. The molecule has 0 saturated heterocycles. The summed E-state index contributed by atoms with van der Waals surface area (Å²) >= 11 is 7.39. The lowest BCUT2D eigenvalue weighted by Crippen LogP contribution is -2.12. The van der Waals surface area contributed by atoms with E-state index in [1.165, 1.54) is 24.3 Å². The van der Waals surface area contributed by atoms with Crippen molar-refractivity contribution in [2.75, 3.05) is 5.32 Å². The van der Waals surface area contributed by atoms with E-state index in [-0.39, 0.29) is 15.6 Å². The molecule has 31 heavy (non-hydrogen) atoms. The smallest absolute Gasteiger partial charge is 0.267 e. The maximum atomic E-state index is 14.5. The monoisotopic (exact) mass is 458 g/mol. The Morgan fingerprint density at radius 3 is 2.84 bits per heavy atom. The number of aromatic nitrogens is 3. The number of anilines is 1. The molecule has 1 aliphatic heterocycles. The molecule has 0 saturated carbocycles. The van der Waals surface area contributed by atoms with Gasteiger partial charge in [-0.3, -0.25) is 4.79 Å². The van der Waals surface area contributed by atoms with Gasteiger partial charge in [0, 0.05) is 28.6 Å². The highest BCUT2D eigenvalue weighted by molar-refractivity contribution is 7.21. The molecule has 0 unspecified atom stereocenters. The minimum atomic E-state index is -0.573. The third-order valence-corrected chi connectivity index (χ3v) is 7.04. The van der Waals surface area contributed by atoms with E-state index in [1.54, 1.807) is 12.1 Å². The van der Waals surface area contributed by atoms with E-state index >= 15 is 0 Å². The fraction of sp³-hybridized carbons (Fsp3) is 0.227. The van der Waals surface area contributed by atoms with Gasteiger partial charge in [-0.2, -0.15) is 0 Å². The molecule has 2 aromatic carbocycles. The number of amides is 1. The van der Waals surface area contributed by atoms with Crippen molar-refractivity contribution < 1.29 is 13.6 Å². The highest BCUT2D eigenvalue weighted by Crippen LogP contribution is 2.36. The number of carbonyl (C=O) groups is 1. The van der Waals surface area contributed by atoms with Gasteiger partial charge in [0.2, 0.25) is 0 Å². The van der Waals surface area contributed by atoms with Gasteiger partial charge in [-0.1, -0.05) is 18.0 Å². The molecule has 0 spiro atoms. The van der Waals surface area contributed by atoms with Crippen LogP contribution in [0.3, 0.4) is 0 Å². The average molecular weight is 459 g/mol. The lowest BCUT2D eigenvalue weighted by molar-refractivity contribution is 0.103. The summed E-state index contributed by atoms with van der Waals surface area (Å²) in [6.07, 6.45) is 4.10. The quantitative estimate of drug-likeness (QED) is 0.405. The number of nitrogens with one attached hydrogen (secondary N) is 1. The first-order valence-electron chi connectivity index (χ1n) is 9.92. The van der Waals surface area contributed by atoms with Crippen molar-refractivity contribution in [1.82, 2.24) is 14.8 Å². The molecular formula is C22H17ClF2N4OS. The highest BCUT2D eigenvalue weighted by Gasteiger charge is 2.21. The zero-order valence-electron chi connectivity index (χ0n) is 16.3. The number of rotatable bonds is 3. The summed E-state index contributed by atoms with van der Waals surface area (Å²) in [4.78, 5) is 13.0. The summed E-state index contributed by atoms with van der Waals surface area (Å²) in [5.41, 5.74) is 0.690. The molecule has 0 fully saturated rings. The normalized spacial score (nSPS) is 13.8. The number of nitrogens with zero attached hydrogens (tertiary/aromatic N) is 3. The molecule has 0 atom stereocenters. The van der Waals surface area contributed by atoms with E-state index in [2.05, 4.69) is 20.1 Å². The van der Waals surface area contributed by atoms with Crippen LogP contribution in [0.15, 0.2) is 36.4 Å². The van der Waals surface area contributed by atoms with Crippen LogP contribution in [0.25, 0.3) is 21.5 Å². The standard InChI is InChI=1S/C22H17ClF2N4OS/c23-19-14-7-6-13(24)11-17(14)31-20(19)22(30)26-16-10-12(5-8-15(16)25)21-28-27-18-4-2-1-3-9-29(18)21/h5-8,10-11H,1-4,9H2,(H,26,30). The Morgan fingerprint density at radius 2 is 1.97 bits per heavy atom. The van der Waals surface area contributed by atoms with Crippen molar-refractivity contribution in [2.45, 2.75) is 32.2 Å². The van der Waals surface area contributed by atoms with Gasteiger partial charge in [-0.15, -0.1) is 21.5 Å². The summed E-state index contributed by atoms with van der Waals surface area (Å²) in [7, 11) is 0. The second-order valence-corrected chi connectivity index (χ2v) is 8.87. The number of hydrogen-bond donors (Lipinski definition) is 1. The molecule has 1 amide bonds. The SMILES string of the molecule is O=C(Nc1cc(-c2nnc3n2CCCCC3)ccc1F)c1sc2cc(F)ccc2c1Cl. The number of fused-ring (bicyclic) bond motifs is 2. The van der Waals surface area contributed by atoms with E-state index in [1.807, 2.05) is 0 Å². The van der Waals surface area contributed by atoms with Gasteiger partial charge in [-0.25, -0.2) is 8.78 Å². The Morgan fingerprint density at radius 1 is 1.10 bits per heavy atom. The van der Waals surface area contributed by atoms with Gasteiger partial charge in [0.25, 0.3) is 5.91 Å². The molecule has 2 aromatic heterocycles. The van der Waals surface area contributed by atoms with Crippen molar-refractivity contribution in [3.8, 4) is 11.4 Å². The molecule has 4 aromatic rings. The summed E-state index contributed by atoms with van der Waals surface area (Å²) in [6, 6.07) is 8.61. The van der Waals surface area contributed by atoms with Gasteiger partial charge in [-0.05, 0) is 49.2 Å². The van der Waals surface area contributed by atoms with Gasteiger partial charge in [0.05, 0.1) is 10.7 Å². The first kappa shape index (κ1) is 20.1. The molecule has 0 radical (unpaired) electrons. The molecule has 9 heteroatoms. The van der Waals surface area contributed by atoms with Crippen LogP contribution in [-0.4, -0.2) is 20.7 Å². The second-order valence-electron chi connectivity index (χ2n) is 7.44. The maximum Gasteiger partial charge on any atom is 0.267 e. The molecular weight excluding hydrogens is 442 g/mol. The van der Waals surface area contributed by atoms with E-state index in [4.69, 9.17) is 11.6 Å². The van der Waals surface area contributed by atoms with E-state index in [0.717, 1.165) is 49.4 Å². The van der Waals surface area contributed by atoms with E-state index in [9.17, 15) is 13.6 Å². The molecule has 0 aliphatic carbocycles. The molecule has 5 nitrogen and oxygen atoms in total. The third kappa shape index (κ3) is 3.70. The van der Waals surface area contributed by atoms with Crippen LogP contribution in [0.2, 0.25) is 5.02 Å². The molecule has 5 rings (SSSR count). The van der Waals surface area contributed by atoms with Gasteiger partial charge < -0.3 is 9.88 Å². The summed E-state index contributed by atoms with van der Waals surface area (Å²) in [5, 5.41) is 12.0. The maximum absolute atomic E-state index is 14.5. The molecule has 0 bridgehead atoms. The number of thiophene rings is 1. The van der Waals surface area contributed by atoms with Crippen LogP contribution in [0.5, 0.6) is 0 Å². The van der Waals surface area contributed by atoms with Crippen molar-refractivity contribution in [1.29, 1.82) is 0 Å². The summed E-state index contributed by atoms with van der Waals surface area (Å²) in [5.74, 6) is 0.0387. The van der Waals surface area contributed by atoms with Crippen LogP contribution in [0, 0.1) is 11.6 Å². The lowest BCUT2D eigenvalue weighted by Gasteiger charge is -2.10. The fourth-order valence-corrected chi connectivity index (χ4v) is 5.26. The predicted molar refractivity (Wildman–Crippen MR) is 118 cm³/mol. The molecule has 158 valence electrons. The largest absolute Gasteiger partial charge is 0.319 e. The number of halogens is 3. The van der Waals surface area contributed by atoms with Crippen LogP contribution in [0.4, 0.5) is 14.5 Å². The first-order chi connectivity index (χ1) is 15.0. The Labute approximate surface area is 185 Å². The number of aryl methyl sites for hydroxylation is 1. The van der Waals surface area contributed by atoms with E-state index in [0.29, 0.717) is 21.5 Å². The Bertz CT molecular complexity index is 1320. The first-order valence-corrected chi connectivity index (χ1v) is 11.1. The van der Waals surface area contributed by atoms with Crippen LogP contribution < -0.4 is 5.32 Å². The lowest BCUT2D eigenvalue weighted by atomic mass is 10.1. The Kier molecular flexibility index (Phi) is 5.19. The van der Waals surface area contributed by atoms with Crippen LogP contribution in [0.1, 0.15) is 34.8 Å². The number of benzene rings is 2. The predicted octanol–water partition coefficient (Wildman–Crippen LogP) is 6.07. The number of carbonyl (C=O) groups excluding carboxylic acids is 1. The Balaban J connectivity index is 1.47. The van der Waals surface area contributed by atoms with Crippen molar-refractivity contribution >= 4 is 44.6 Å².